The number of methoxy groups -OCH3 is 1. The molecule has 2 aromatic carbocycles. The Labute approximate surface area is 152 Å². The summed E-state index contributed by atoms with van der Waals surface area (Å²) in [7, 11) is 1.28. The molecule has 5 heteroatoms. The molecule has 0 bridgehead atoms. The van der Waals surface area contributed by atoms with Gasteiger partial charge in [0.2, 0.25) is 5.91 Å². The van der Waals surface area contributed by atoms with Crippen molar-refractivity contribution in [3.05, 3.63) is 59.7 Å². The van der Waals surface area contributed by atoms with Gasteiger partial charge in [-0.15, -0.1) is 0 Å². The normalized spacial score (nSPS) is 14.5. The number of nitriles is 1. The van der Waals surface area contributed by atoms with E-state index in [4.69, 9.17) is 10.00 Å². The summed E-state index contributed by atoms with van der Waals surface area (Å²) in [4.78, 5) is 25.2. The molecule has 0 radical (unpaired) electrons. The van der Waals surface area contributed by atoms with E-state index in [1.54, 1.807) is 6.92 Å². The van der Waals surface area contributed by atoms with Crippen molar-refractivity contribution in [1.29, 1.82) is 5.26 Å². The first kappa shape index (κ1) is 17.7. The van der Waals surface area contributed by atoms with Gasteiger partial charge in [0.15, 0.2) is 0 Å². The van der Waals surface area contributed by atoms with Gasteiger partial charge in [-0.25, -0.2) is 4.79 Å². The minimum atomic E-state index is -0.855. The Balaban J connectivity index is 1.94. The van der Waals surface area contributed by atoms with Crippen molar-refractivity contribution in [2.45, 2.75) is 25.3 Å². The molecule has 0 fully saturated rings. The molecule has 1 amide bonds. The highest BCUT2D eigenvalue weighted by molar-refractivity contribution is 5.97. The Morgan fingerprint density at radius 2 is 1.65 bits per heavy atom. The summed E-state index contributed by atoms with van der Waals surface area (Å²) in [5.74, 6) is -1.63. The lowest BCUT2D eigenvalue weighted by Crippen LogP contribution is -2.47. The molecular formula is C21H20N2O3. The van der Waals surface area contributed by atoms with Gasteiger partial charge in [0, 0.05) is 12.3 Å². The van der Waals surface area contributed by atoms with E-state index in [1.165, 1.54) is 7.11 Å². The van der Waals surface area contributed by atoms with Crippen LogP contribution in [0.15, 0.2) is 48.5 Å². The summed E-state index contributed by atoms with van der Waals surface area (Å²) in [6.07, 6.45) is 0.151. The van der Waals surface area contributed by atoms with Crippen LogP contribution in [0.5, 0.6) is 0 Å². The Hall–Kier alpha value is -3.13. The van der Waals surface area contributed by atoms with Crippen molar-refractivity contribution in [2.24, 2.45) is 5.92 Å². The van der Waals surface area contributed by atoms with Gasteiger partial charge in [-0.2, -0.15) is 5.26 Å². The maximum absolute atomic E-state index is 13.1. The number of ether oxygens (including phenoxy) is 1. The lowest BCUT2D eigenvalue weighted by Gasteiger charge is -2.23. The quantitative estimate of drug-likeness (QED) is 0.843. The van der Waals surface area contributed by atoms with Crippen LogP contribution < -0.4 is 5.32 Å². The molecule has 0 aliphatic heterocycles. The molecule has 0 saturated heterocycles. The number of carbonyl (C=O) groups excluding carboxylic acids is 2. The summed E-state index contributed by atoms with van der Waals surface area (Å²) in [5, 5.41) is 11.7. The molecular weight excluding hydrogens is 328 g/mol. The standard InChI is InChI=1S/C21H20N2O3/c1-13(11-12-22)19(21(25)26-2)23-20(24)18-16-9-5-3-7-14(16)15-8-4-6-10-17(15)18/h3-10,13,18-19H,11H2,1-2H3,(H,23,24)/t13-,19+/m0/s1. The molecule has 0 unspecified atom stereocenters. The second-order valence-corrected chi connectivity index (χ2v) is 6.46. The lowest BCUT2D eigenvalue weighted by molar-refractivity contribution is -0.146. The van der Waals surface area contributed by atoms with Gasteiger partial charge in [0.05, 0.1) is 19.1 Å². The summed E-state index contributed by atoms with van der Waals surface area (Å²) < 4.78 is 4.82. The zero-order valence-corrected chi connectivity index (χ0v) is 14.7. The van der Waals surface area contributed by atoms with Gasteiger partial charge in [-0.05, 0) is 22.3 Å². The van der Waals surface area contributed by atoms with E-state index in [2.05, 4.69) is 5.32 Å². The van der Waals surface area contributed by atoms with Gasteiger partial charge < -0.3 is 10.1 Å². The fourth-order valence-corrected chi connectivity index (χ4v) is 3.50. The van der Waals surface area contributed by atoms with E-state index in [-0.39, 0.29) is 18.2 Å². The number of esters is 1. The number of hydrogen-bond donors (Lipinski definition) is 1. The van der Waals surface area contributed by atoms with Crippen LogP contribution in [0.2, 0.25) is 0 Å². The average molecular weight is 348 g/mol. The highest BCUT2D eigenvalue weighted by atomic mass is 16.5. The number of fused-ring (bicyclic) bond motifs is 3. The maximum Gasteiger partial charge on any atom is 0.328 e. The van der Waals surface area contributed by atoms with Crippen LogP contribution in [0.3, 0.4) is 0 Å². The molecule has 1 N–H and O–H groups in total. The van der Waals surface area contributed by atoms with Gasteiger partial charge in [-0.3, -0.25) is 4.79 Å². The van der Waals surface area contributed by atoms with E-state index in [1.807, 2.05) is 54.6 Å². The van der Waals surface area contributed by atoms with E-state index >= 15 is 0 Å². The lowest BCUT2D eigenvalue weighted by atomic mass is 9.93. The smallest absolute Gasteiger partial charge is 0.328 e. The SMILES string of the molecule is COC(=O)[C@H](NC(=O)C1c2ccccc2-c2ccccc21)[C@@H](C)CC#N. The van der Waals surface area contributed by atoms with E-state index in [9.17, 15) is 9.59 Å². The van der Waals surface area contributed by atoms with E-state index < -0.39 is 17.9 Å². The zero-order chi connectivity index (χ0) is 18.7. The minimum absolute atomic E-state index is 0.151. The molecule has 0 spiro atoms. The molecule has 0 heterocycles. The summed E-state index contributed by atoms with van der Waals surface area (Å²) in [6, 6.07) is 16.8. The number of hydrogen-bond acceptors (Lipinski definition) is 4. The van der Waals surface area contributed by atoms with Crippen molar-refractivity contribution < 1.29 is 14.3 Å². The summed E-state index contributed by atoms with van der Waals surface area (Å²) in [6.45, 7) is 1.75. The molecule has 1 aliphatic carbocycles. The van der Waals surface area contributed by atoms with Crippen molar-refractivity contribution in [3.8, 4) is 17.2 Å². The maximum atomic E-state index is 13.1. The van der Waals surface area contributed by atoms with Crippen molar-refractivity contribution in [3.63, 3.8) is 0 Å². The third-order valence-electron chi connectivity index (χ3n) is 4.83. The fraction of sp³-hybridized carbons (Fsp3) is 0.286. The molecule has 26 heavy (non-hydrogen) atoms. The third kappa shape index (κ3) is 3.06. The number of carbonyl (C=O) groups is 2. The molecule has 2 aromatic rings. The predicted octanol–water partition coefficient (Wildman–Crippen LogP) is 3.01. The second-order valence-electron chi connectivity index (χ2n) is 6.46. The largest absolute Gasteiger partial charge is 0.467 e. The highest BCUT2D eigenvalue weighted by Gasteiger charge is 2.36. The predicted molar refractivity (Wildman–Crippen MR) is 97.1 cm³/mol. The van der Waals surface area contributed by atoms with Crippen molar-refractivity contribution >= 4 is 11.9 Å². The van der Waals surface area contributed by atoms with Crippen LogP contribution in [0, 0.1) is 17.2 Å². The number of amides is 1. The number of nitrogens with zero attached hydrogens (tertiary/aromatic N) is 1. The number of nitrogens with one attached hydrogen (secondary N) is 1. The highest BCUT2D eigenvalue weighted by Crippen LogP contribution is 2.44. The zero-order valence-electron chi connectivity index (χ0n) is 14.7. The van der Waals surface area contributed by atoms with Crippen LogP contribution in [-0.2, 0) is 14.3 Å². The molecule has 1 aliphatic rings. The fourth-order valence-electron chi connectivity index (χ4n) is 3.50. The van der Waals surface area contributed by atoms with E-state index in [0.717, 1.165) is 22.3 Å². The first-order valence-electron chi connectivity index (χ1n) is 8.51. The summed E-state index contributed by atoms with van der Waals surface area (Å²) >= 11 is 0. The minimum Gasteiger partial charge on any atom is -0.467 e. The van der Waals surface area contributed by atoms with Gasteiger partial charge in [0.1, 0.15) is 6.04 Å². The Kier molecular flexibility index (Phi) is 5.04. The van der Waals surface area contributed by atoms with Gasteiger partial charge >= 0.3 is 5.97 Å². The average Bonchev–Trinajstić information content (AvgIpc) is 3.00. The van der Waals surface area contributed by atoms with Crippen LogP contribution in [0.4, 0.5) is 0 Å². The van der Waals surface area contributed by atoms with Crippen molar-refractivity contribution in [1.82, 2.24) is 5.32 Å². The molecule has 0 saturated carbocycles. The topological polar surface area (TPSA) is 79.2 Å². The third-order valence-corrected chi connectivity index (χ3v) is 4.83. The molecule has 0 aromatic heterocycles. The molecule has 2 atom stereocenters. The second kappa shape index (κ2) is 7.40. The molecule has 132 valence electrons. The van der Waals surface area contributed by atoms with Crippen LogP contribution in [0.1, 0.15) is 30.4 Å². The van der Waals surface area contributed by atoms with Gasteiger partial charge in [0.25, 0.3) is 0 Å². The summed E-state index contributed by atoms with van der Waals surface area (Å²) in [5.41, 5.74) is 3.90. The Morgan fingerprint density at radius 1 is 1.12 bits per heavy atom. The van der Waals surface area contributed by atoms with Crippen LogP contribution in [-0.4, -0.2) is 25.0 Å². The Bertz CT molecular complexity index is 839. The van der Waals surface area contributed by atoms with E-state index in [0.29, 0.717) is 0 Å². The molecule has 3 rings (SSSR count). The Morgan fingerprint density at radius 3 is 2.15 bits per heavy atom. The van der Waals surface area contributed by atoms with Crippen LogP contribution in [0.25, 0.3) is 11.1 Å². The molecule has 5 nitrogen and oxygen atoms in total. The van der Waals surface area contributed by atoms with Gasteiger partial charge in [-0.1, -0.05) is 55.5 Å². The first-order valence-corrected chi connectivity index (χ1v) is 8.51. The number of rotatable bonds is 5. The first-order chi connectivity index (χ1) is 12.6. The van der Waals surface area contributed by atoms with Crippen molar-refractivity contribution in [2.75, 3.05) is 7.11 Å². The monoisotopic (exact) mass is 348 g/mol. The number of benzene rings is 2. The van der Waals surface area contributed by atoms with Crippen LogP contribution >= 0.6 is 0 Å².